The van der Waals surface area contributed by atoms with Gasteiger partial charge in [0.1, 0.15) is 0 Å². The van der Waals surface area contributed by atoms with E-state index in [9.17, 15) is 9.59 Å². The maximum Gasteiger partial charge on any atom is 0.251 e. The fourth-order valence-corrected chi connectivity index (χ4v) is 3.01. The number of hydrogen-bond acceptors (Lipinski definition) is 3. The molecule has 6 heteroatoms. The van der Waals surface area contributed by atoms with Crippen molar-refractivity contribution >= 4 is 44.8 Å². The van der Waals surface area contributed by atoms with E-state index in [0.29, 0.717) is 28.7 Å². The average Bonchev–Trinajstić information content (AvgIpc) is 3.06. The molecule has 1 heterocycles. The van der Waals surface area contributed by atoms with Crippen LogP contribution < -0.4 is 10.6 Å². The number of hydrogen-bond donors (Lipinski definition) is 2. The minimum absolute atomic E-state index is 0.0436. The number of amides is 2. The van der Waals surface area contributed by atoms with Crippen LogP contribution in [0.3, 0.4) is 0 Å². The maximum absolute atomic E-state index is 12.0. The lowest BCUT2D eigenvalue weighted by Crippen LogP contribution is -2.24. The molecule has 2 aromatic rings. The first kappa shape index (κ1) is 18.4. The summed E-state index contributed by atoms with van der Waals surface area (Å²) in [6.45, 7) is 4.03. The molecule has 2 N–H and O–H groups in total. The van der Waals surface area contributed by atoms with E-state index in [1.807, 2.05) is 11.4 Å². The lowest BCUT2D eigenvalue weighted by Gasteiger charge is -2.08. The van der Waals surface area contributed by atoms with E-state index in [4.69, 9.17) is 0 Å². The van der Waals surface area contributed by atoms with Crippen molar-refractivity contribution < 1.29 is 9.59 Å². The molecule has 1 aromatic carbocycles. The van der Waals surface area contributed by atoms with E-state index in [1.54, 1.807) is 35.6 Å². The Morgan fingerprint density at radius 1 is 1.21 bits per heavy atom. The molecule has 0 aliphatic carbocycles. The Hall–Kier alpha value is -1.92. The molecule has 0 saturated carbocycles. The third-order valence-electron chi connectivity index (χ3n) is 3.26. The van der Waals surface area contributed by atoms with Gasteiger partial charge in [0.2, 0.25) is 5.91 Å². The Kier molecular flexibility index (Phi) is 7.21. The molecule has 2 rings (SSSR count). The molecule has 0 unspecified atom stereocenters. The van der Waals surface area contributed by atoms with Gasteiger partial charge < -0.3 is 10.6 Å². The van der Waals surface area contributed by atoms with Crippen LogP contribution >= 0.6 is 27.3 Å². The molecule has 0 radical (unpaired) electrons. The summed E-state index contributed by atoms with van der Waals surface area (Å²) in [6, 6.07) is 11.0. The lowest BCUT2D eigenvalue weighted by atomic mass is 10.1. The Balaban J connectivity index is 1.83. The number of carbonyl (C=O) groups is 2. The number of carbonyl (C=O) groups excluding carboxylic acids is 2. The van der Waals surface area contributed by atoms with Crippen LogP contribution in [-0.4, -0.2) is 18.4 Å². The molecule has 0 bridgehead atoms. The van der Waals surface area contributed by atoms with Crippen molar-refractivity contribution in [2.24, 2.45) is 0 Å². The van der Waals surface area contributed by atoms with Gasteiger partial charge >= 0.3 is 0 Å². The van der Waals surface area contributed by atoms with Gasteiger partial charge in [-0.1, -0.05) is 34.6 Å². The van der Waals surface area contributed by atoms with Crippen molar-refractivity contribution in [3.05, 3.63) is 63.3 Å². The van der Waals surface area contributed by atoms with E-state index < -0.39 is 0 Å². The van der Waals surface area contributed by atoms with Crippen molar-refractivity contribution in [2.75, 3.05) is 11.9 Å². The highest BCUT2D eigenvalue weighted by Crippen LogP contribution is 2.14. The number of aryl methyl sites for hydroxylation is 1. The van der Waals surface area contributed by atoms with Gasteiger partial charge in [-0.15, -0.1) is 11.3 Å². The predicted octanol–water partition coefficient (Wildman–Crippen LogP) is 4.35. The molecular weight excluding hydrogens is 388 g/mol. The van der Waals surface area contributed by atoms with E-state index in [0.717, 1.165) is 12.8 Å². The highest BCUT2D eigenvalue weighted by atomic mass is 79.9. The van der Waals surface area contributed by atoms with Gasteiger partial charge in [-0.3, -0.25) is 9.59 Å². The summed E-state index contributed by atoms with van der Waals surface area (Å²) in [5, 5.41) is 7.61. The van der Waals surface area contributed by atoms with Crippen molar-refractivity contribution in [1.82, 2.24) is 5.32 Å². The number of rotatable bonds is 8. The summed E-state index contributed by atoms with van der Waals surface area (Å²) in [4.78, 5) is 25.3. The van der Waals surface area contributed by atoms with Gasteiger partial charge in [0.15, 0.2) is 0 Å². The first-order valence-electron chi connectivity index (χ1n) is 7.58. The van der Waals surface area contributed by atoms with Gasteiger partial charge in [0.25, 0.3) is 5.91 Å². The van der Waals surface area contributed by atoms with Crippen LogP contribution in [0.25, 0.3) is 0 Å². The summed E-state index contributed by atoms with van der Waals surface area (Å²) >= 11 is 4.90. The predicted molar refractivity (Wildman–Crippen MR) is 103 cm³/mol. The summed E-state index contributed by atoms with van der Waals surface area (Å²) in [6.07, 6.45) is 2.17. The maximum atomic E-state index is 12.0. The first-order valence-corrected chi connectivity index (χ1v) is 9.25. The fourth-order valence-electron chi connectivity index (χ4n) is 2.12. The molecule has 24 heavy (non-hydrogen) atoms. The number of benzene rings is 1. The molecule has 2 amide bonds. The normalized spacial score (nSPS) is 10.2. The SMILES string of the molecule is C=C(Br)CNC(=O)c1cccc(NC(=O)CCCc2cccs2)c1. The second-order valence-electron chi connectivity index (χ2n) is 5.26. The van der Waals surface area contributed by atoms with Crippen molar-refractivity contribution in [2.45, 2.75) is 19.3 Å². The molecule has 0 aliphatic rings. The van der Waals surface area contributed by atoms with Crippen LogP contribution in [0.4, 0.5) is 5.69 Å². The van der Waals surface area contributed by atoms with E-state index in [1.165, 1.54) is 4.88 Å². The first-order chi connectivity index (χ1) is 11.5. The van der Waals surface area contributed by atoms with Crippen LogP contribution in [0.1, 0.15) is 28.1 Å². The summed E-state index contributed by atoms with van der Waals surface area (Å²) in [5.74, 6) is -0.248. The second-order valence-corrected chi connectivity index (χ2v) is 7.42. The number of thiophene rings is 1. The molecule has 0 aliphatic heterocycles. The van der Waals surface area contributed by atoms with Crippen LogP contribution in [-0.2, 0) is 11.2 Å². The smallest absolute Gasteiger partial charge is 0.251 e. The number of nitrogens with one attached hydrogen (secondary N) is 2. The lowest BCUT2D eigenvalue weighted by molar-refractivity contribution is -0.116. The molecule has 0 saturated heterocycles. The Labute approximate surface area is 154 Å². The number of anilines is 1. The van der Waals surface area contributed by atoms with E-state index in [2.05, 4.69) is 39.2 Å². The summed E-state index contributed by atoms with van der Waals surface area (Å²) in [5.41, 5.74) is 1.13. The van der Waals surface area contributed by atoms with E-state index in [-0.39, 0.29) is 11.8 Å². The molecular formula is C18H19BrN2O2S. The van der Waals surface area contributed by atoms with Gasteiger partial charge in [0.05, 0.1) is 0 Å². The largest absolute Gasteiger partial charge is 0.347 e. The Bertz CT molecular complexity index is 714. The molecule has 4 nitrogen and oxygen atoms in total. The van der Waals surface area contributed by atoms with Crippen LogP contribution in [0.2, 0.25) is 0 Å². The second kappa shape index (κ2) is 9.39. The summed E-state index contributed by atoms with van der Waals surface area (Å²) < 4.78 is 0.700. The third kappa shape index (κ3) is 6.29. The topological polar surface area (TPSA) is 58.2 Å². The fraction of sp³-hybridized carbons (Fsp3) is 0.222. The third-order valence-corrected chi connectivity index (χ3v) is 4.47. The zero-order chi connectivity index (χ0) is 17.4. The number of halogens is 1. The van der Waals surface area contributed by atoms with Gasteiger partial charge in [-0.2, -0.15) is 0 Å². The van der Waals surface area contributed by atoms with Crippen molar-refractivity contribution in [3.63, 3.8) is 0 Å². The molecule has 0 spiro atoms. The molecule has 0 fully saturated rings. The highest BCUT2D eigenvalue weighted by Gasteiger charge is 2.08. The van der Waals surface area contributed by atoms with Crippen LogP contribution in [0, 0.1) is 0 Å². The zero-order valence-corrected chi connectivity index (χ0v) is 15.6. The average molecular weight is 407 g/mol. The quantitative estimate of drug-likeness (QED) is 0.684. The highest BCUT2D eigenvalue weighted by molar-refractivity contribution is 9.11. The van der Waals surface area contributed by atoms with E-state index >= 15 is 0 Å². The van der Waals surface area contributed by atoms with Gasteiger partial charge in [0, 0.05) is 33.6 Å². The minimum atomic E-state index is -0.204. The zero-order valence-electron chi connectivity index (χ0n) is 13.2. The van der Waals surface area contributed by atoms with Gasteiger partial charge in [-0.25, -0.2) is 0 Å². The minimum Gasteiger partial charge on any atom is -0.347 e. The van der Waals surface area contributed by atoms with Crippen molar-refractivity contribution in [3.8, 4) is 0 Å². The monoisotopic (exact) mass is 406 g/mol. The van der Waals surface area contributed by atoms with Crippen LogP contribution in [0.15, 0.2) is 52.8 Å². The molecule has 1 aromatic heterocycles. The standard InChI is InChI=1S/C18H19BrN2O2S/c1-13(19)12-20-18(23)14-5-2-6-15(11-14)21-17(22)9-3-7-16-8-4-10-24-16/h2,4-6,8,10-11H,1,3,7,9,12H2,(H,20,23)(H,21,22). The molecule has 0 atom stereocenters. The van der Waals surface area contributed by atoms with Crippen molar-refractivity contribution in [1.29, 1.82) is 0 Å². The van der Waals surface area contributed by atoms with Gasteiger partial charge in [-0.05, 0) is 42.5 Å². The van der Waals surface area contributed by atoms with Crippen LogP contribution in [0.5, 0.6) is 0 Å². The Morgan fingerprint density at radius 3 is 2.75 bits per heavy atom. The molecule has 126 valence electrons. The Morgan fingerprint density at radius 2 is 2.04 bits per heavy atom. The summed E-state index contributed by atoms with van der Waals surface area (Å²) in [7, 11) is 0.